The molecule has 0 atom stereocenters. The lowest BCUT2D eigenvalue weighted by molar-refractivity contribution is 0.628. The van der Waals surface area contributed by atoms with Crippen LogP contribution in [0.2, 0.25) is 0 Å². The number of nitrogen functional groups attached to an aromatic ring is 1. The van der Waals surface area contributed by atoms with Crippen LogP contribution in [0.3, 0.4) is 0 Å². The van der Waals surface area contributed by atoms with Crippen LogP contribution in [0.25, 0.3) is 5.69 Å². The Labute approximate surface area is 115 Å². The normalized spacial score (nSPS) is 11.5. The van der Waals surface area contributed by atoms with E-state index >= 15 is 0 Å². The maximum atomic E-state index is 6.05. The van der Waals surface area contributed by atoms with E-state index in [1.54, 1.807) is 0 Å². The van der Waals surface area contributed by atoms with Crippen LogP contribution in [-0.4, -0.2) is 9.78 Å². The Hall–Kier alpha value is -1.77. The largest absolute Gasteiger partial charge is 0.384 e. The van der Waals surface area contributed by atoms with Crippen LogP contribution < -0.4 is 5.73 Å². The third-order valence-electron chi connectivity index (χ3n) is 3.21. The first-order valence-electron chi connectivity index (χ1n) is 6.92. The van der Waals surface area contributed by atoms with E-state index in [9.17, 15) is 0 Å². The van der Waals surface area contributed by atoms with E-state index < -0.39 is 0 Å². The van der Waals surface area contributed by atoms with Crippen molar-refractivity contribution in [1.82, 2.24) is 9.78 Å². The Morgan fingerprint density at radius 2 is 1.74 bits per heavy atom. The summed E-state index contributed by atoms with van der Waals surface area (Å²) in [6.07, 6.45) is 0.960. The summed E-state index contributed by atoms with van der Waals surface area (Å²) in [6.45, 7) is 8.76. The van der Waals surface area contributed by atoms with E-state index in [2.05, 4.69) is 57.1 Å². The molecule has 0 saturated carbocycles. The molecule has 2 rings (SSSR count). The van der Waals surface area contributed by atoms with Crippen molar-refractivity contribution in [2.24, 2.45) is 5.92 Å². The third kappa shape index (κ3) is 3.16. The molecule has 0 saturated heterocycles. The van der Waals surface area contributed by atoms with Gasteiger partial charge < -0.3 is 5.73 Å². The molecule has 0 bridgehead atoms. The Bertz CT molecular complexity index is 536. The zero-order valence-corrected chi connectivity index (χ0v) is 12.2. The first kappa shape index (κ1) is 13.7. The highest BCUT2D eigenvalue weighted by Crippen LogP contribution is 2.20. The van der Waals surface area contributed by atoms with Crippen molar-refractivity contribution in [2.75, 3.05) is 5.73 Å². The highest BCUT2D eigenvalue weighted by atomic mass is 15.3. The van der Waals surface area contributed by atoms with Gasteiger partial charge in [-0.15, -0.1) is 0 Å². The highest BCUT2D eigenvalue weighted by Gasteiger charge is 2.08. The smallest absolute Gasteiger partial charge is 0.127 e. The van der Waals surface area contributed by atoms with Gasteiger partial charge in [-0.3, -0.25) is 0 Å². The van der Waals surface area contributed by atoms with E-state index in [0.29, 0.717) is 17.7 Å². The molecule has 0 spiro atoms. The van der Waals surface area contributed by atoms with Crippen molar-refractivity contribution in [1.29, 1.82) is 0 Å². The number of anilines is 1. The van der Waals surface area contributed by atoms with E-state index in [1.807, 2.05) is 10.7 Å². The fourth-order valence-electron chi connectivity index (χ4n) is 2.17. The molecular weight excluding hydrogens is 234 g/mol. The van der Waals surface area contributed by atoms with Gasteiger partial charge in [-0.1, -0.05) is 39.8 Å². The topological polar surface area (TPSA) is 43.8 Å². The molecule has 0 aliphatic heterocycles. The summed E-state index contributed by atoms with van der Waals surface area (Å²) >= 11 is 0. The van der Waals surface area contributed by atoms with Gasteiger partial charge >= 0.3 is 0 Å². The first-order valence-corrected chi connectivity index (χ1v) is 6.92. The number of nitrogens with zero attached hydrogens (tertiary/aromatic N) is 2. The maximum Gasteiger partial charge on any atom is 0.127 e. The minimum absolute atomic E-state index is 0.542. The molecule has 2 aromatic rings. The van der Waals surface area contributed by atoms with Crippen LogP contribution in [0.4, 0.5) is 5.82 Å². The zero-order chi connectivity index (χ0) is 14.0. The molecule has 102 valence electrons. The van der Waals surface area contributed by atoms with E-state index in [1.165, 1.54) is 5.56 Å². The van der Waals surface area contributed by atoms with Gasteiger partial charge in [-0.25, -0.2) is 4.68 Å². The fraction of sp³-hybridized carbons (Fsp3) is 0.438. The van der Waals surface area contributed by atoms with Crippen LogP contribution in [-0.2, 0) is 6.42 Å². The van der Waals surface area contributed by atoms with Crippen LogP contribution >= 0.6 is 0 Å². The Balaban J connectivity index is 2.28. The number of hydrogen-bond acceptors (Lipinski definition) is 2. The minimum atomic E-state index is 0.542. The molecule has 2 N–H and O–H groups in total. The average molecular weight is 257 g/mol. The standard InChI is InChI=1S/C16H23N3/c1-11(2)9-14-10-16(17)19(18-14)15-7-5-13(6-8-15)12(3)4/h5-8,10-12H,9,17H2,1-4H3. The number of aromatic nitrogens is 2. The second-order valence-electron chi connectivity index (χ2n) is 5.82. The summed E-state index contributed by atoms with van der Waals surface area (Å²) in [4.78, 5) is 0. The lowest BCUT2D eigenvalue weighted by atomic mass is 10.0. The summed E-state index contributed by atoms with van der Waals surface area (Å²) in [7, 11) is 0. The van der Waals surface area contributed by atoms with Gasteiger partial charge in [0.15, 0.2) is 0 Å². The molecule has 0 fully saturated rings. The molecule has 0 radical (unpaired) electrons. The molecule has 1 aromatic carbocycles. The SMILES string of the molecule is CC(C)Cc1cc(N)n(-c2ccc(C(C)C)cc2)n1. The Morgan fingerprint density at radius 1 is 1.11 bits per heavy atom. The van der Waals surface area contributed by atoms with E-state index in [0.717, 1.165) is 17.8 Å². The summed E-state index contributed by atoms with van der Waals surface area (Å²) in [6, 6.07) is 10.4. The number of hydrogen-bond donors (Lipinski definition) is 1. The molecule has 19 heavy (non-hydrogen) atoms. The van der Waals surface area contributed by atoms with E-state index in [4.69, 9.17) is 5.73 Å². The van der Waals surface area contributed by atoms with Crippen molar-refractivity contribution < 1.29 is 0 Å². The van der Waals surface area contributed by atoms with Gasteiger partial charge in [0.2, 0.25) is 0 Å². The lowest BCUT2D eigenvalue weighted by Crippen LogP contribution is -2.03. The Kier molecular flexibility index (Phi) is 3.93. The molecule has 1 aromatic heterocycles. The fourth-order valence-corrected chi connectivity index (χ4v) is 2.17. The predicted molar refractivity (Wildman–Crippen MR) is 80.6 cm³/mol. The van der Waals surface area contributed by atoms with Crippen LogP contribution in [0.5, 0.6) is 0 Å². The molecule has 0 aliphatic rings. The summed E-state index contributed by atoms with van der Waals surface area (Å²) in [5.41, 5.74) is 9.46. The second kappa shape index (κ2) is 5.47. The highest BCUT2D eigenvalue weighted by molar-refractivity contribution is 5.44. The van der Waals surface area contributed by atoms with E-state index in [-0.39, 0.29) is 0 Å². The molecule has 3 nitrogen and oxygen atoms in total. The monoisotopic (exact) mass is 257 g/mol. The van der Waals surface area contributed by atoms with Gasteiger partial charge in [0.25, 0.3) is 0 Å². The summed E-state index contributed by atoms with van der Waals surface area (Å²) < 4.78 is 1.82. The van der Waals surface area contributed by atoms with Gasteiger partial charge in [0, 0.05) is 6.07 Å². The van der Waals surface area contributed by atoms with Crippen molar-refractivity contribution in [3.05, 3.63) is 41.6 Å². The van der Waals surface area contributed by atoms with Crippen LogP contribution in [0.1, 0.15) is 44.9 Å². The van der Waals surface area contributed by atoms with Crippen molar-refractivity contribution in [2.45, 2.75) is 40.0 Å². The van der Waals surface area contributed by atoms with Crippen molar-refractivity contribution in [3.8, 4) is 5.69 Å². The predicted octanol–water partition coefficient (Wildman–Crippen LogP) is 3.78. The molecular formula is C16H23N3. The summed E-state index contributed by atoms with van der Waals surface area (Å²) in [5.74, 6) is 1.83. The van der Waals surface area contributed by atoms with Gasteiger partial charge in [-0.05, 0) is 36.0 Å². The minimum Gasteiger partial charge on any atom is -0.384 e. The number of benzene rings is 1. The number of nitrogens with two attached hydrogens (primary N) is 1. The molecule has 0 aliphatic carbocycles. The number of rotatable bonds is 4. The van der Waals surface area contributed by atoms with Crippen LogP contribution in [0.15, 0.2) is 30.3 Å². The average Bonchev–Trinajstić information content (AvgIpc) is 2.69. The van der Waals surface area contributed by atoms with Gasteiger partial charge in [0.1, 0.15) is 5.82 Å². The lowest BCUT2D eigenvalue weighted by Gasteiger charge is -2.08. The van der Waals surface area contributed by atoms with Gasteiger partial charge in [-0.2, -0.15) is 5.10 Å². The molecule has 1 heterocycles. The van der Waals surface area contributed by atoms with Crippen LogP contribution in [0, 0.1) is 5.92 Å². The summed E-state index contributed by atoms with van der Waals surface area (Å²) in [5, 5.41) is 4.59. The second-order valence-corrected chi connectivity index (χ2v) is 5.82. The third-order valence-corrected chi connectivity index (χ3v) is 3.21. The molecule has 3 heteroatoms. The Morgan fingerprint density at radius 3 is 2.26 bits per heavy atom. The van der Waals surface area contributed by atoms with Gasteiger partial charge in [0.05, 0.1) is 11.4 Å². The quantitative estimate of drug-likeness (QED) is 0.906. The molecule has 0 unspecified atom stereocenters. The zero-order valence-electron chi connectivity index (χ0n) is 12.2. The van der Waals surface area contributed by atoms with Crippen molar-refractivity contribution >= 4 is 5.82 Å². The maximum absolute atomic E-state index is 6.05. The molecule has 0 amide bonds. The van der Waals surface area contributed by atoms with Crippen molar-refractivity contribution in [3.63, 3.8) is 0 Å². The first-order chi connectivity index (χ1) is 8.97.